The van der Waals surface area contributed by atoms with Gasteiger partial charge in [0.2, 0.25) is 0 Å². The average Bonchev–Trinajstić information content (AvgIpc) is 2.39. The van der Waals surface area contributed by atoms with Gasteiger partial charge in [-0.1, -0.05) is 0 Å². The number of nitrogens with zero attached hydrogens (tertiary/aromatic N) is 4. The Kier molecular flexibility index (Phi) is 3.18. The van der Waals surface area contributed by atoms with Crippen molar-refractivity contribution in [2.24, 2.45) is 0 Å². The molecule has 0 unspecified atom stereocenters. The standard InChI is InChI=1S/C10H6F2N4O2/c11-7(12)6-5(10(17)18)4-15-9(16-6)8-13-2-1-3-14-8/h1-4,7H,(H,17,18). The molecule has 2 heterocycles. The Bertz CT molecular complexity index is 577. The number of hydrogen-bond donors (Lipinski definition) is 1. The summed E-state index contributed by atoms with van der Waals surface area (Å²) in [6, 6.07) is 1.54. The summed E-state index contributed by atoms with van der Waals surface area (Å²) in [5, 5.41) is 8.73. The van der Waals surface area contributed by atoms with Crippen LogP contribution < -0.4 is 0 Å². The SMILES string of the molecule is O=C(O)c1cnc(-c2ncccn2)nc1C(F)F. The summed E-state index contributed by atoms with van der Waals surface area (Å²) < 4.78 is 25.4. The lowest BCUT2D eigenvalue weighted by Crippen LogP contribution is -2.08. The lowest BCUT2D eigenvalue weighted by atomic mass is 10.2. The summed E-state index contributed by atoms with van der Waals surface area (Å²) in [7, 11) is 0. The molecule has 92 valence electrons. The Morgan fingerprint density at radius 1 is 1.17 bits per heavy atom. The van der Waals surface area contributed by atoms with Crippen molar-refractivity contribution in [3.8, 4) is 11.6 Å². The first-order valence-corrected chi connectivity index (χ1v) is 4.75. The second-order valence-electron chi connectivity index (χ2n) is 3.17. The fraction of sp³-hybridized carbons (Fsp3) is 0.100. The molecule has 0 aliphatic heterocycles. The molecule has 0 aromatic carbocycles. The molecule has 0 saturated carbocycles. The van der Waals surface area contributed by atoms with E-state index in [0.29, 0.717) is 0 Å². The van der Waals surface area contributed by atoms with Crippen molar-refractivity contribution in [2.45, 2.75) is 6.43 Å². The molecule has 18 heavy (non-hydrogen) atoms. The number of carboxylic acid groups (broad SMARTS) is 1. The van der Waals surface area contributed by atoms with Crippen LogP contribution in [0.3, 0.4) is 0 Å². The largest absolute Gasteiger partial charge is 0.478 e. The van der Waals surface area contributed by atoms with Gasteiger partial charge in [0.25, 0.3) is 6.43 Å². The summed E-state index contributed by atoms with van der Waals surface area (Å²) in [6.07, 6.45) is 0.613. The van der Waals surface area contributed by atoms with E-state index in [1.165, 1.54) is 12.4 Å². The Morgan fingerprint density at radius 3 is 2.39 bits per heavy atom. The molecule has 2 aromatic heterocycles. The minimum atomic E-state index is -3.01. The quantitative estimate of drug-likeness (QED) is 0.891. The van der Waals surface area contributed by atoms with Crippen LogP contribution in [0.2, 0.25) is 0 Å². The lowest BCUT2D eigenvalue weighted by molar-refractivity contribution is 0.0681. The van der Waals surface area contributed by atoms with E-state index in [-0.39, 0.29) is 11.6 Å². The molecule has 6 nitrogen and oxygen atoms in total. The fourth-order valence-corrected chi connectivity index (χ4v) is 1.25. The maximum Gasteiger partial charge on any atom is 0.339 e. The van der Waals surface area contributed by atoms with Crippen LogP contribution in [0.25, 0.3) is 11.6 Å². The van der Waals surface area contributed by atoms with Gasteiger partial charge >= 0.3 is 5.97 Å². The van der Waals surface area contributed by atoms with E-state index in [2.05, 4.69) is 19.9 Å². The first kappa shape index (κ1) is 12.0. The van der Waals surface area contributed by atoms with Gasteiger partial charge in [-0.25, -0.2) is 33.5 Å². The highest BCUT2D eigenvalue weighted by atomic mass is 19.3. The molecule has 8 heteroatoms. The average molecular weight is 252 g/mol. The van der Waals surface area contributed by atoms with Crippen molar-refractivity contribution in [1.82, 2.24) is 19.9 Å². The minimum Gasteiger partial charge on any atom is -0.478 e. The molecule has 0 spiro atoms. The smallest absolute Gasteiger partial charge is 0.339 e. The van der Waals surface area contributed by atoms with Gasteiger partial charge < -0.3 is 5.11 Å². The number of carboxylic acids is 1. The van der Waals surface area contributed by atoms with Crippen LogP contribution in [0, 0.1) is 0 Å². The molecule has 0 aliphatic rings. The maximum atomic E-state index is 12.7. The number of aromatic carboxylic acids is 1. The third-order valence-electron chi connectivity index (χ3n) is 2.02. The summed E-state index contributed by atoms with van der Waals surface area (Å²) in [4.78, 5) is 25.5. The van der Waals surface area contributed by atoms with Crippen molar-refractivity contribution < 1.29 is 18.7 Å². The zero-order valence-corrected chi connectivity index (χ0v) is 8.79. The van der Waals surface area contributed by atoms with Crippen LogP contribution in [-0.4, -0.2) is 31.0 Å². The van der Waals surface area contributed by atoms with Gasteiger partial charge in [0.05, 0.1) is 0 Å². The Labute approximate surface area is 99.4 Å². The highest BCUT2D eigenvalue weighted by Crippen LogP contribution is 2.22. The number of carbonyl (C=O) groups is 1. The molecular weight excluding hydrogens is 246 g/mol. The van der Waals surface area contributed by atoms with E-state index < -0.39 is 23.7 Å². The maximum absolute atomic E-state index is 12.7. The van der Waals surface area contributed by atoms with E-state index >= 15 is 0 Å². The van der Waals surface area contributed by atoms with Gasteiger partial charge in [-0.15, -0.1) is 0 Å². The van der Waals surface area contributed by atoms with E-state index in [1.807, 2.05) is 0 Å². The third-order valence-corrected chi connectivity index (χ3v) is 2.02. The molecule has 0 saturated heterocycles. The molecule has 0 bridgehead atoms. The minimum absolute atomic E-state index is 0.0522. The molecule has 2 aromatic rings. The number of rotatable bonds is 3. The number of hydrogen-bond acceptors (Lipinski definition) is 5. The highest BCUT2D eigenvalue weighted by Gasteiger charge is 2.22. The van der Waals surface area contributed by atoms with E-state index in [1.54, 1.807) is 6.07 Å². The summed E-state index contributed by atoms with van der Waals surface area (Å²) in [6.45, 7) is 0. The van der Waals surface area contributed by atoms with Crippen LogP contribution in [0.4, 0.5) is 8.78 Å². The van der Waals surface area contributed by atoms with Crippen molar-refractivity contribution >= 4 is 5.97 Å². The molecule has 0 radical (unpaired) electrons. The van der Waals surface area contributed by atoms with Crippen LogP contribution in [0.15, 0.2) is 24.7 Å². The molecule has 0 fully saturated rings. The predicted molar refractivity (Wildman–Crippen MR) is 55.0 cm³/mol. The van der Waals surface area contributed by atoms with Crippen molar-refractivity contribution in [3.63, 3.8) is 0 Å². The lowest BCUT2D eigenvalue weighted by Gasteiger charge is -2.05. The molecule has 2 rings (SSSR count). The van der Waals surface area contributed by atoms with Crippen LogP contribution in [-0.2, 0) is 0 Å². The Hall–Kier alpha value is -2.51. The monoisotopic (exact) mass is 252 g/mol. The summed E-state index contributed by atoms with van der Waals surface area (Å²) >= 11 is 0. The third kappa shape index (κ3) is 2.26. The number of alkyl halides is 2. The normalized spacial score (nSPS) is 10.6. The Morgan fingerprint density at radius 2 is 1.83 bits per heavy atom. The van der Waals surface area contributed by atoms with E-state index in [0.717, 1.165) is 6.20 Å². The van der Waals surface area contributed by atoms with Gasteiger partial charge in [-0.05, 0) is 6.07 Å². The van der Waals surface area contributed by atoms with Gasteiger partial charge in [0.1, 0.15) is 11.3 Å². The zero-order chi connectivity index (χ0) is 13.1. The summed E-state index contributed by atoms with van der Waals surface area (Å²) in [5.74, 6) is -1.60. The second-order valence-corrected chi connectivity index (χ2v) is 3.17. The molecule has 0 amide bonds. The second kappa shape index (κ2) is 4.78. The molecule has 0 atom stereocenters. The number of halogens is 2. The topological polar surface area (TPSA) is 88.9 Å². The van der Waals surface area contributed by atoms with Crippen LogP contribution in [0.1, 0.15) is 22.5 Å². The van der Waals surface area contributed by atoms with E-state index in [4.69, 9.17) is 5.11 Å². The molecule has 0 aliphatic carbocycles. The molecular formula is C10H6F2N4O2. The first-order valence-electron chi connectivity index (χ1n) is 4.75. The van der Waals surface area contributed by atoms with E-state index in [9.17, 15) is 13.6 Å². The van der Waals surface area contributed by atoms with Gasteiger partial charge in [-0.3, -0.25) is 0 Å². The van der Waals surface area contributed by atoms with Crippen molar-refractivity contribution in [2.75, 3.05) is 0 Å². The highest BCUT2D eigenvalue weighted by molar-refractivity contribution is 5.88. The van der Waals surface area contributed by atoms with Crippen LogP contribution in [0.5, 0.6) is 0 Å². The summed E-state index contributed by atoms with van der Waals surface area (Å²) in [5.41, 5.74) is -1.48. The number of aromatic nitrogens is 4. The van der Waals surface area contributed by atoms with Crippen molar-refractivity contribution in [3.05, 3.63) is 35.9 Å². The van der Waals surface area contributed by atoms with Gasteiger partial charge in [-0.2, -0.15) is 0 Å². The fourth-order valence-electron chi connectivity index (χ4n) is 1.25. The van der Waals surface area contributed by atoms with Crippen molar-refractivity contribution in [1.29, 1.82) is 0 Å². The van der Waals surface area contributed by atoms with Crippen LogP contribution >= 0.6 is 0 Å². The van der Waals surface area contributed by atoms with Gasteiger partial charge in [0.15, 0.2) is 11.6 Å². The zero-order valence-electron chi connectivity index (χ0n) is 8.79. The van der Waals surface area contributed by atoms with Gasteiger partial charge in [0, 0.05) is 18.6 Å². The molecule has 1 N–H and O–H groups in total. The predicted octanol–water partition coefficient (Wildman–Crippen LogP) is 1.57. The first-order chi connectivity index (χ1) is 8.59. The Balaban J connectivity index is 2.54.